The van der Waals surface area contributed by atoms with E-state index in [1.165, 1.54) is 44.6 Å². The first-order valence-electron chi connectivity index (χ1n) is 25.6. The van der Waals surface area contributed by atoms with Crippen LogP contribution < -0.4 is 0 Å². The molecule has 1 fully saturated rings. The fourth-order valence-corrected chi connectivity index (χ4v) is 9.96. The second kappa shape index (κ2) is 35.9. The summed E-state index contributed by atoms with van der Waals surface area (Å²) < 4.78 is 52.2. The SMILES string of the molecule is CCCCCCCC/C=C\CCCCCCCCCC(=O)O[C@@H]1COC(=O)CCC/C=C\C[C@@H]2[C@@H](O)[C@H](O)[C@@H](O)[C@H](OP(=O)(O)OC1)[C@H](OP(=O)(O)O)[C@H](O)[C@@H](/C=C/[C@@H](O)CCCCC)C(=O)C[C@@H]2O. The number of fused-ring (bicyclic) bond motifs is 4. The van der Waals surface area contributed by atoms with Crippen molar-refractivity contribution in [2.75, 3.05) is 13.2 Å². The van der Waals surface area contributed by atoms with Crippen LogP contribution in [-0.4, -0.2) is 131 Å². The highest BCUT2D eigenvalue weighted by molar-refractivity contribution is 7.47. The lowest BCUT2D eigenvalue weighted by atomic mass is 9.83. The molecule has 2 rings (SSSR count). The van der Waals surface area contributed by atoms with Crippen molar-refractivity contribution in [2.45, 2.75) is 229 Å². The Bertz CT molecular complexity index is 1650. The lowest BCUT2D eigenvalue weighted by Crippen LogP contribution is -2.56. The Morgan fingerprint density at radius 3 is 2.04 bits per heavy atom. The molecule has 0 amide bonds. The topological polar surface area (TPSA) is 314 Å². The van der Waals surface area contributed by atoms with Crippen molar-refractivity contribution in [1.82, 2.24) is 0 Å². The maximum Gasteiger partial charge on any atom is 0.472 e. The van der Waals surface area contributed by atoms with E-state index in [-0.39, 0.29) is 38.5 Å². The minimum Gasteiger partial charge on any atom is -0.462 e. The van der Waals surface area contributed by atoms with Crippen LogP contribution in [0.2, 0.25) is 0 Å². The largest absolute Gasteiger partial charge is 0.472 e. The van der Waals surface area contributed by atoms with E-state index < -0.39 is 120 Å². The van der Waals surface area contributed by atoms with Crippen molar-refractivity contribution in [3.63, 3.8) is 0 Å². The lowest BCUT2D eigenvalue weighted by molar-refractivity contribution is -0.165. The van der Waals surface area contributed by atoms with Gasteiger partial charge in [-0.25, -0.2) is 9.13 Å². The maximum atomic E-state index is 13.9. The smallest absolute Gasteiger partial charge is 0.462 e. The van der Waals surface area contributed by atoms with Gasteiger partial charge in [0.05, 0.1) is 36.9 Å². The summed E-state index contributed by atoms with van der Waals surface area (Å²) in [6.45, 7) is 2.54. The van der Waals surface area contributed by atoms with Gasteiger partial charge < -0.3 is 54.8 Å². The predicted molar refractivity (Wildman–Crippen MR) is 261 cm³/mol. The molecule has 0 saturated heterocycles. The van der Waals surface area contributed by atoms with Gasteiger partial charge in [-0.05, 0) is 57.8 Å². The Morgan fingerprint density at radius 1 is 0.814 bits per heavy atom. The Kier molecular flexibility index (Phi) is 32.8. The number of aliphatic hydroxyl groups excluding tert-OH is 6. The average molecular weight is 1040 g/mol. The van der Waals surface area contributed by atoms with E-state index in [4.69, 9.17) is 23.0 Å². The highest BCUT2D eigenvalue weighted by Gasteiger charge is 2.51. The third-order valence-corrected chi connectivity index (χ3v) is 14.1. The molecule has 406 valence electrons. The molecule has 70 heavy (non-hydrogen) atoms. The first-order valence-corrected chi connectivity index (χ1v) is 28.7. The van der Waals surface area contributed by atoms with Crippen molar-refractivity contribution in [3.05, 3.63) is 36.5 Å². The molecule has 19 nitrogen and oxygen atoms in total. The summed E-state index contributed by atoms with van der Waals surface area (Å²) in [5, 5.41) is 68.1. The van der Waals surface area contributed by atoms with E-state index in [1.807, 2.05) is 6.92 Å². The molecule has 2 aliphatic rings. The van der Waals surface area contributed by atoms with Gasteiger partial charge in [0.25, 0.3) is 0 Å². The fourth-order valence-electron chi connectivity index (χ4n) is 8.43. The third kappa shape index (κ3) is 27.2. The summed E-state index contributed by atoms with van der Waals surface area (Å²) in [6.07, 6.45) is 8.05. The first-order chi connectivity index (χ1) is 33.3. The van der Waals surface area contributed by atoms with Gasteiger partial charge >= 0.3 is 27.6 Å². The number of unbranched alkanes of at least 4 members (excludes halogenated alkanes) is 15. The second-order valence-corrected chi connectivity index (χ2v) is 21.3. The minimum atomic E-state index is -5.80. The number of aliphatic hydroxyl groups is 6. The number of phosphoric ester groups is 2. The van der Waals surface area contributed by atoms with Gasteiger partial charge in [-0.1, -0.05) is 134 Å². The Hall–Kier alpha value is -2.19. The number of phosphoric acid groups is 2. The highest BCUT2D eigenvalue weighted by atomic mass is 31.2. The molecular weight excluding hydrogens is 954 g/mol. The third-order valence-electron chi connectivity index (χ3n) is 12.6. The van der Waals surface area contributed by atoms with E-state index in [0.717, 1.165) is 76.4 Å². The number of hydrogen-bond donors (Lipinski definition) is 9. The number of ether oxygens (including phenoxy) is 2. The Labute approximate surface area is 414 Å². The summed E-state index contributed by atoms with van der Waals surface area (Å²) in [4.78, 5) is 70.7. The molecule has 1 heterocycles. The molecule has 0 radical (unpaired) electrons. The van der Waals surface area contributed by atoms with E-state index in [0.29, 0.717) is 12.8 Å². The van der Waals surface area contributed by atoms with Crippen molar-refractivity contribution in [1.29, 1.82) is 0 Å². The van der Waals surface area contributed by atoms with Gasteiger partial charge in [0.1, 0.15) is 36.8 Å². The van der Waals surface area contributed by atoms with Crippen LogP contribution in [0.3, 0.4) is 0 Å². The first kappa shape index (κ1) is 63.9. The average Bonchev–Trinajstić information content (AvgIpc) is 3.30. The minimum absolute atomic E-state index is 0.0407. The normalized spacial score (nSPS) is 30.4. The van der Waals surface area contributed by atoms with Gasteiger partial charge in [0.2, 0.25) is 0 Å². The molecule has 2 bridgehead atoms. The number of carbonyl (C=O) groups is 3. The molecule has 21 heteroatoms. The molecule has 12 atom stereocenters. The number of ketones is 1. The zero-order valence-electron chi connectivity index (χ0n) is 41.4. The predicted octanol–water partition coefficient (Wildman–Crippen LogP) is 6.88. The number of hydrogen-bond acceptors (Lipinski definition) is 16. The van der Waals surface area contributed by atoms with Gasteiger partial charge in [0.15, 0.2) is 6.10 Å². The molecule has 0 spiro atoms. The van der Waals surface area contributed by atoms with Crippen molar-refractivity contribution in [3.8, 4) is 0 Å². The molecule has 1 aliphatic heterocycles. The number of allylic oxidation sites excluding steroid dienone is 4. The molecular formula is C49H86O19P2. The summed E-state index contributed by atoms with van der Waals surface area (Å²) >= 11 is 0. The number of cyclic esters (lactones) is 1. The zero-order valence-corrected chi connectivity index (χ0v) is 43.2. The maximum absolute atomic E-state index is 13.9. The monoisotopic (exact) mass is 1040 g/mol. The standard InChI is InChI=1S/C49H86O19P2/c1-3-5-7-8-9-10-11-12-13-14-15-16-17-18-19-20-26-30-43(54)66-37-34-64-42(53)29-25-22-21-24-28-38-40(51)33-41(52)39(32-31-36(50)27-23-6-4-2)45(56)48(67-69(59,60)61)49(47(58)46(57)44(38)55)68-70(62,63)65-35-37/h12-13,21,24,31-32,36-40,44-51,55-58H,3-11,14-20,22-23,25-30,33-35H2,1-2H3,(H,62,63)(H2,59,60,61)/b13-12-,24-21-,32-31+/t36-,37+,38-,39-,40-,44+,45+,46-,47+,48+,49-/m0/s1. The highest BCUT2D eigenvalue weighted by Crippen LogP contribution is 2.49. The summed E-state index contributed by atoms with van der Waals surface area (Å²) in [5.41, 5.74) is 0. The molecule has 1 aliphatic carbocycles. The van der Waals surface area contributed by atoms with Crippen LogP contribution in [0.4, 0.5) is 0 Å². The van der Waals surface area contributed by atoms with Crippen molar-refractivity contribution < 1.29 is 91.9 Å². The van der Waals surface area contributed by atoms with E-state index >= 15 is 0 Å². The number of rotatable bonds is 26. The molecule has 0 aromatic heterocycles. The molecule has 9 N–H and O–H groups in total. The quantitative estimate of drug-likeness (QED) is 0.0185. The number of Topliss-reactive ketones (excluding diaryl/α,β-unsaturated/α-hetero) is 1. The van der Waals surface area contributed by atoms with E-state index in [2.05, 4.69) is 19.1 Å². The molecule has 1 unspecified atom stereocenters. The summed E-state index contributed by atoms with van der Waals surface area (Å²) in [5.74, 6) is -5.81. The molecule has 0 aromatic carbocycles. The van der Waals surface area contributed by atoms with Crippen molar-refractivity contribution >= 4 is 33.4 Å². The van der Waals surface area contributed by atoms with Gasteiger partial charge in [-0.15, -0.1) is 0 Å². The van der Waals surface area contributed by atoms with Crippen LogP contribution >= 0.6 is 15.6 Å². The van der Waals surface area contributed by atoms with Gasteiger partial charge in [0, 0.05) is 25.2 Å². The lowest BCUT2D eigenvalue weighted by Gasteiger charge is -2.38. The van der Waals surface area contributed by atoms with Crippen LogP contribution in [0.15, 0.2) is 36.5 Å². The van der Waals surface area contributed by atoms with Gasteiger partial charge in [-0.2, -0.15) is 0 Å². The van der Waals surface area contributed by atoms with Crippen molar-refractivity contribution in [2.24, 2.45) is 11.8 Å². The van der Waals surface area contributed by atoms with Crippen LogP contribution in [0.5, 0.6) is 0 Å². The van der Waals surface area contributed by atoms with Crippen LogP contribution in [-0.2, 0) is 46.6 Å². The van der Waals surface area contributed by atoms with E-state index in [9.17, 15) is 68.8 Å². The molecule has 0 aromatic rings. The summed E-state index contributed by atoms with van der Waals surface area (Å²) in [6, 6.07) is 0. The number of esters is 2. The summed E-state index contributed by atoms with van der Waals surface area (Å²) in [7, 11) is -11.5. The van der Waals surface area contributed by atoms with E-state index in [1.54, 1.807) is 6.08 Å². The van der Waals surface area contributed by atoms with Gasteiger partial charge in [-0.3, -0.25) is 28.0 Å². The Morgan fingerprint density at radius 2 is 1.41 bits per heavy atom. The number of carbonyl (C=O) groups excluding carboxylic acids is 3. The van der Waals surface area contributed by atoms with Crippen LogP contribution in [0.25, 0.3) is 0 Å². The molecule has 1 saturated carbocycles. The van der Waals surface area contributed by atoms with Crippen LogP contribution in [0.1, 0.15) is 174 Å². The zero-order chi connectivity index (χ0) is 52.0. The second-order valence-electron chi connectivity index (χ2n) is 18.7. The fraction of sp³-hybridized carbons (Fsp3) is 0.816. The Balaban J connectivity index is 2.28. The van der Waals surface area contributed by atoms with Crippen LogP contribution in [0, 0.1) is 11.8 Å².